The topological polar surface area (TPSA) is 20.3 Å². The highest BCUT2D eigenvalue weighted by molar-refractivity contribution is 9.10. The van der Waals surface area contributed by atoms with Crippen LogP contribution in [0.4, 0.5) is 0 Å². The van der Waals surface area contributed by atoms with E-state index >= 15 is 0 Å². The van der Waals surface area contributed by atoms with Gasteiger partial charge in [-0.25, -0.2) is 0 Å². The third kappa shape index (κ3) is 4.08. The Hall–Kier alpha value is -0.380. The number of halogens is 2. The molecule has 0 N–H and O–H groups in total. The van der Waals surface area contributed by atoms with Gasteiger partial charge in [0.05, 0.1) is 0 Å². The van der Waals surface area contributed by atoms with Crippen molar-refractivity contribution in [1.82, 2.24) is 4.90 Å². The molecule has 4 heteroatoms. The first kappa shape index (κ1) is 15.7. The molecule has 1 aromatic carbocycles. The lowest BCUT2D eigenvalue weighted by Crippen LogP contribution is -2.37. The van der Waals surface area contributed by atoms with Crippen LogP contribution in [0.25, 0.3) is 0 Å². The fraction of sp³-hybridized carbons (Fsp3) is 0.500. The van der Waals surface area contributed by atoms with E-state index in [1.807, 2.05) is 24.3 Å². The van der Waals surface area contributed by atoms with Crippen molar-refractivity contribution in [3.63, 3.8) is 0 Å². The SMILES string of the molecule is CN1CCCCC1CC(=O)c1ccc(Br)cc1.Cl. The number of piperidine rings is 1. The molecule has 0 aliphatic carbocycles. The molecule has 0 radical (unpaired) electrons. The van der Waals surface area contributed by atoms with E-state index in [2.05, 4.69) is 27.9 Å². The summed E-state index contributed by atoms with van der Waals surface area (Å²) in [6.07, 6.45) is 4.32. The van der Waals surface area contributed by atoms with E-state index in [1.165, 1.54) is 12.8 Å². The number of carbonyl (C=O) groups excluding carboxylic acids is 1. The first-order valence-corrected chi connectivity index (χ1v) is 6.95. The van der Waals surface area contributed by atoms with E-state index in [4.69, 9.17) is 0 Å². The van der Waals surface area contributed by atoms with Crippen molar-refractivity contribution in [2.75, 3.05) is 13.6 Å². The van der Waals surface area contributed by atoms with Crippen LogP contribution < -0.4 is 0 Å². The molecule has 0 aromatic heterocycles. The zero-order chi connectivity index (χ0) is 12.3. The molecule has 0 bridgehead atoms. The van der Waals surface area contributed by atoms with Crippen molar-refractivity contribution in [2.24, 2.45) is 0 Å². The van der Waals surface area contributed by atoms with Gasteiger partial charge in [-0.2, -0.15) is 0 Å². The van der Waals surface area contributed by atoms with Crippen molar-refractivity contribution in [3.8, 4) is 0 Å². The largest absolute Gasteiger partial charge is 0.303 e. The molecule has 1 saturated heterocycles. The third-order valence-electron chi connectivity index (χ3n) is 3.51. The first-order valence-electron chi connectivity index (χ1n) is 6.16. The lowest BCUT2D eigenvalue weighted by atomic mass is 9.96. The van der Waals surface area contributed by atoms with Gasteiger partial charge in [0.25, 0.3) is 0 Å². The molecule has 1 aromatic rings. The van der Waals surface area contributed by atoms with Gasteiger partial charge in [0.15, 0.2) is 5.78 Å². The molecule has 0 spiro atoms. The lowest BCUT2D eigenvalue weighted by Gasteiger charge is -2.31. The highest BCUT2D eigenvalue weighted by atomic mass is 79.9. The number of carbonyl (C=O) groups is 1. The molecule has 1 heterocycles. The Morgan fingerprint density at radius 3 is 2.61 bits per heavy atom. The van der Waals surface area contributed by atoms with Crippen LogP contribution in [0.5, 0.6) is 0 Å². The predicted octanol–water partition coefficient (Wildman–Crippen LogP) is 3.93. The van der Waals surface area contributed by atoms with Crippen molar-refractivity contribution < 1.29 is 4.79 Å². The highest BCUT2D eigenvalue weighted by Crippen LogP contribution is 2.20. The zero-order valence-corrected chi connectivity index (χ0v) is 13.0. The van der Waals surface area contributed by atoms with Crippen LogP contribution in [0.2, 0.25) is 0 Å². The molecule has 1 unspecified atom stereocenters. The quantitative estimate of drug-likeness (QED) is 0.782. The monoisotopic (exact) mass is 331 g/mol. The third-order valence-corrected chi connectivity index (χ3v) is 4.04. The summed E-state index contributed by atoms with van der Waals surface area (Å²) in [5.41, 5.74) is 0.826. The fourth-order valence-corrected chi connectivity index (χ4v) is 2.63. The fourth-order valence-electron chi connectivity index (χ4n) is 2.37. The van der Waals surface area contributed by atoms with Gasteiger partial charge in [-0.05, 0) is 38.6 Å². The minimum Gasteiger partial charge on any atom is -0.303 e. The summed E-state index contributed by atoms with van der Waals surface area (Å²) in [6.45, 7) is 1.12. The molecule has 1 atom stereocenters. The van der Waals surface area contributed by atoms with Crippen LogP contribution in [0.1, 0.15) is 36.0 Å². The Morgan fingerprint density at radius 2 is 2.00 bits per heavy atom. The Bertz CT molecular complexity index is 393. The molecule has 18 heavy (non-hydrogen) atoms. The van der Waals surface area contributed by atoms with Gasteiger partial charge < -0.3 is 4.90 Å². The van der Waals surface area contributed by atoms with Crippen LogP contribution in [-0.4, -0.2) is 30.3 Å². The number of hydrogen-bond donors (Lipinski definition) is 0. The van der Waals surface area contributed by atoms with E-state index in [9.17, 15) is 4.79 Å². The molecule has 2 nitrogen and oxygen atoms in total. The number of likely N-dealkylation sites (tertiary alicyclic amines) is 1. The Morgan fingerprint density at radius 1 is 1.33 bits per heavy atom. The Labute approximate surface area is 123 Å². The molecule has 2 rings (SSSR count). The number of hydrogen-bond acceptors (Lipinski definition) is 2. The molecule has 0 saturated carbocycles. The number of rotatable bonds is 3. The number of benzene rings is 1. The second-order valence-corrected chi connectivity index (χ2v) is 5.68. The summed E-state index contributed by atoms with van der Waals surface area (Å²) in [5.74, 6) is 0.260. The van der Waals surface area contributed by atoms with Gasteiger partial charge in [-0.3, -0.25) is 4.79 Å². The van der Waals surface area contributed by atoms with E-state index in [0.717, 1.165) is 23.0 Å². The van der Waals surface area contributed by atoms with Crippen LogP contribution in [0, 0.1) is 0 Å². The Kier molecular flexibility index (Phi) is 6.33. The average Bonchev–Trinajstić information content (AvgIpc) is 2.33. The van der Waals surface area contributed by atoms with Gasteiger partial charge in [0, 0.05) is 22.5 Å². The minimum atomic E-state index is 0. The van der Waals surface area contributed by atoms with Gasteiger partial charge in [0.1, 0.15) is 0 Å². The maximum Gasteiger partial charge on any atom is 0.164 e. The summed E-state index contributed by atoms with van der Waals surface area (Å²) >= 11 is 3.38. The normalized spacial score (nSPS) is 20.2. The summed E-state index contributed by atoms with van der Waals surface area (Å²) in [5, 5.41) is 0. The van der Waals surface area contributed by atoms with Crippen LogP contribution in [0.3, 0.4) is 0 Å². The molecule has 1 aliphatic heterocycles. The number of ketones is 1. The van der Waals surface area contributed by atoms with Crippen molar-refractivity contribution in [3.05, 3.63) is 34.3 Å². The number of Topliss-reactive ketones (excluding diaryl/α,β-unsaturated/α-hetero) is 1. The molecular weight excluding hydrogens is 314 g/mol. The van der Waals surface area contributed by atoms with Gasteiger partial charge in [0.2, 0.25) is 0 Å². The lowest BCUT2D eigenvalue weighted by molar-refractivity contribution is 0.0906. The van der Waals surface area contributed by atoms with E-state index in [1.54, 1.807) is 0 Å². The van der Waals surface area contributed by atoms with Crippen molar-refractivity contribution in [2.45, 2.75) is 31.7 Å². The number of nitrogens with zero attached hydrogens (tertiary/aromatic N) is 1. The maximum absolute atomic E-state index is 12.1. The average molecular weight is 333 g/mol. The molecule has 0 amide bonds. The van der Waals surface area contributed by atoms with E-state index in [0.29, 0.717) is 12.5 Å². The molecular formula is C14H19BrClNO. The predicted molar refractivity (Wildman–Crippen MR) is 80.6 cm³/mol. The second-order valence-electron chi connectivity index (χ2n) is 4.76. The van der Waals surface area contributed by atoms with E-state index in [-0.39, 0.29) is 18.2 Å². The summed E-state index contributed by atoms with van der Waals surface area (Å²) in [4.78, 5) is 14.4. The smallest absolute Gasteiger partial charge is 0.164 e. The maximum atomic E-state index is 12.1. The summed E-state index contributed by atoms with van der Waals surface area (Å²) in [7, 11) is 2.12. The van der Waals surface area contributed by atoms with Crippen molar-refractivity contribution in [1.29, 1.82) is 0 Å². The highest BCUT2D eigenvalue weighted by Gasteiger charge is 2.22. The van der Waals surface area contributed by atoms with Crippen LogP contribution >= 0.6 is 28.3 Å². The van der Waals surface area contributed by atoms with E-state index < -0.39 is 0 Å². The Balaban J connectivity index is 0.00000162. The molecule has 1 aliphatic rings. The standard InChI is InChI=1S/C14H18BrNO.ClH/c1-16-9-3-2-4-13(16)10-14(17)11-5-7-12(15)8-6-11;/h5-8,13H,2-4,9-10H2,1H3;1H. The van der Waals surface area contributed by atoms with Gasteiger partial charge in [-0.15, -0.1) is 12.4 Å². The summed E-state index contributed by atoms with van der Waals surface area (Å²) in [6, 6.07) is 8.08. The first-order chi connectivity index (χ1) is 8.16. The van der Waals surface area contributed by atoms with Crippen molar-refractivity contribution >= 4 is 34.1 Å². The summed E-state index contributed by atoms with van der Waals surface area (Å²) < 4.78 is 1.02. The zero-order valence-electron chi connectivity index (χ0n) is 10.6. The van der Waals surface area contributed by atoms with Gasteiger partial charge in [-0.1, -0.05) is 34.5 Å². The molecule has 100 valence electrons. The van der Waals surface area contributed by atoms with Crippen LogP contribution in [0.15, 0.2) is 28.7 Å². The van der Waals surface area contributed by atoms with Gasteiger partial charge >= 0.3 is 0 Å². The minimum absolute atomic E-state index is 0. The second kappa shape index (κ2) is 7.27. The molecule has 1 fully saturated rings. The van der Waals surface area contributed by atoms with Crippen LogP contribution in [-0.2, 0) is 0 Å².